The lowest BCUT2D eigenvalue weighted by atomic mass is 10.1. The Morgan fingerprint density at radius 3 is 2.64 bits per heavy atom. The van der Waals surface area contributed by atoms with Crippen LogP contribution in [0.4, 0.5) is 17.6 Å². The summed E-state index contributed by atoms with van der Waals surface area (Å²) in [6.45, 7) is 2.96. The van der Waals surface area contributed by atoms with Crippen molar-refractivity contribution in [3.8, 4) is 11.5 Å². The van der Waals surface area contributed by atoms with Crippen molar-refractivity contribution in [2.75, 3.05) is 6.61 Å². The number of hydrogen-bond acceptors (Lipinski definition) is 4. The molecule has 22 heavy (non-hydrogen) atoms. The fraction of sp³-hybridized carbons (Fsp3) is 0.286. The largest absolute Gasteiger partial charge is 0.461 e. The first-order valence-corrected chi connectivity index (χ1v) is 6.26. The average molecular weight is 317 g/mol. The molecule has 0 bridgehead atoms. The summed E-state index contributed by atoms with van der Waals surface area (Å²) >= 11 is 0. The molecule has 0 unspecified atom stereocenters. The fourth-order valence-electron chi connectivity index (χ4n) is 1.87. The zero-order valence-electron chi connectivity index (χ0n) is 11.6. The van der Waals surface area contributed by atoms with E-state index in [2.05, 4.69) is 4.98 Å². The average Bonchev–Trinajstić information content (AvgIpc) is 2.79. The van der Waals surface area contributed by atoms with Gasteiger partial charge in [-0.1, -0.05) is 6.07 Å². The minimum Gasteiger partial charge on any atom is -0.461 e. The van der Waals surface area contributed by atoms with Crippen LogP contribution in [0.1, 0.15) is 28.7 Å². The Balaban J connectivity index is 2.59. The van der Waals surface area contributed by atoms with Crippen LogP contribution in [0, 0.1) is 12.7 Å². The van der Waals surface area contributed by atoms with E-state index in [-0.39, 0.29) is 18.1 Å². The lowest BCUT2D eigenvalue weighted by Gasteiger charge is -2.10. The van der Waals surface area contributed by atoms with Gasteiger partial charge in [-0.3, -0.25) is 0 Å². The highest BCUT2D eigenvalue weighted by Gasteiger charge is 2.37. The molecule has 2 aromatic rings. The first-order chi connectivity index (χ1) is 10.3. The quantitative estimate of drug-likeness (QED) is 0.634. The van der Waals surface area contributed by atoms with Crippen LogP contribution in [-0.2, 0) is 10.9 Å². The molecule has 118 valence electrons. The van der Waals surface area contributed by atoms with Crippen LogP contribution in [0.15, 0.2) is 22.6 Å². The van der Waals surface area contributed by atoms with Gasteiger partial charge in [-0.2, -0.15) is 13.2 Å². The van der Waals surface area contributed by atoms with Crippen LogP contribution >= 0.6 is 0 Å². The second kappa shape index (κ2) is 5.78. The third kappa shape index (κ3) is 2.95. The van der Waals surface area contributed by atoms with E-state index in [1.54, 1.807) is 6.92 Å². The Kier molecular flexibility index (Phi) is 4.20. The van der Waals surface area contributed by atoms with Gasteiger partial charge in [-0.25, -0.2) is 14.2 Å². The van der Waals surface area contributed by atoms with Gasteiger partial charge in [-0.05, 0) is 26.0 Å². The Morgan fingerprint density at radius 1 is 1.36 bits per heavy atom. The summed E-state index contributed by atoms with van der Waals surface area (Å²) in [6.07, 6.45) is -4.79. The van der Waals surface area contributed by atoms with Crippen LogP contribution in [-0.4, -0.2) is 17.6 Å². The molecule has 0 radical (unpaired) electrons. The number of ether oxygens (including phenoxy) is 1. The Hall–Kier alpha value is -2.38. The number of hydrogen-bond donors (Lipinski definition) is 0. The Labute approximate surface area is 122 Å². The molecule has 0 aliphatic rings. The van der Waals surface area contributed by atoms with E-state index >= 15 is 0 Å². The molecular formula is C14H11F4NO3. The highest BCUT2D eigenvalue weighted by molar-refractivity contribution is 5.89. The number of alkyl halides is 3. The molecule has 1 heterocycles. The van der Waals surface area contributed by atoms with Gasteiger partial charge in [0.1, 0.15) is 11.6 Å². The topological polar surface area (TPSA) is 52.3 Å². The van der Waals surface area contributed by atoms with Crippen LogP contribution < -0.4 is 0 Å². The number of carbonyl (C=O) groups is 1. The van der Waals surface area contributed by atoms with Crippen molar-refractivity contribution >= 4 is 5.97 Å². The maximum absolute atomic E-state index is 13.8. The molecule has 0 N–H and O–H groups in total. The predicted octanol–water partition coefficient (Wildman–Crippen LogP) is 3.98. The molecule has 0 aliphatic heterocycles. The van der Waals surface area contributed by atoms with Crippen molar-refractivity contribution in [2.24, 2.45) is 0 Å². The van der Waals surface area contributed by atoms with Crippen LogP contribution in [0.5, 0.6) is 0 Å². The predicted molar refractivity (Wildman–Crippen MR) is 67.6 cm³/mol. The number of aryl methyl sites for hydroxylation is 1. The zero-order chi connectivity index (χ0) is 16.5. The van der Waals surface area contributed by atoms with Gasteiger partial charge in [0, 0.05) is 0 Å². The van der Waals surface area contributed by atoms with Crippen LogP contribution in [0.3, 0.4) is 0 Å². The van der Waals surface area contributed by atoms with Crippen molar-refractivity contribution in [1.82, 2.24) is 4.98 Å². The molecule has 0 saturated heterocycles. The first kappa shape index (κ1) is 16.0. The number of rotatable bonds is 3. The number of nitrogens with zero attached hydrogens (tertiary/aromatic N) is 1. The van der Waals surface area contributed by atoms with Crippen molar-refractivity contribution in [3.63, 3.8) is 0 Å². The molecule has 8 heteroatoms. The smallest absolute Gasteiger partial charge is 0.417 e. The molecule has 1 aromatic carbocycles. The van der Waals surface area contributed by atoms with E-state index in [9.17, 15) is 22.4 Å². The Morgan fingerprint density at radius 2 is 2.05 bits per heavy atom. The summed E-state index contributed by atoms with van der Waals surface area (Å²) in [5, 5.41) is 0. The summed E-state index contributed by atoms with van der Waals surface area (Å²) in [5.74, 6) is -2.66. The molecule has 0 amide bonds. The second-order valence-electron chi connectivity index (χ2n) is 4.30. The van der Waals surface area contributed by atoms with Crippen LogP contribution in [0.25, 0.3) is 11.5 Å². The normalized spacial score (nSPS) is 11.5. The van der Waals surface area contributed by atoms with E-state index in [1.165, 1.54) is 6.92 Å². The molecule has 0 atom stereocenters. The highest BCUT2D eigenvalue weighted by atomic mass is 19.4. The van der Waals surface area contributed by atoms with Crippen molar-refractivity contribution in [3.05, 3.63) is 41.0 Å². The van der Waals surface area contributed by atoms with E-state index in [1.807, 2.05) is 0 Å². The molecule has 1 aromatic heterocycles. The van der Waals surface area contributed by atoms with Crippen molar-refractivity contribution in [1.29, 1.82) is 0 Å². The standard InChI is InChI=1S/C14H11F4NO3/c1-3-21-13(20)11-7(2)22-12(19-11)10-8(14(16,17)18)5-4-6-9(10)15/h4-6H,3H2,1-2H3. The minimum atomic E-state index is -4.79. The maximum atomic E-state index is 13.8. The van der Waals surface area contributed by atoms with E-state index in [4.69, 9.17) is 9.15 Å². The van der Waals surface area contributed by atoms with Gasteiger partial charge in [0.25, 0.3) is 0 Å². The lowest BCUT2D eigenvalue weighted by Crippen LogP contribution is -2.09. The van der Waals surface area contributed by atoms with Gasteiger partial charge >= 0.3 is 12.1 Å². The van der Waals surface area contributed by atoms with Gasteiger partial charge in [-0.15, -0.1) is 0 Å². The minimum absolute atomic E-state index is 0.0511. The van der Waals surface area contributed by atoms with Crippen molar-refractivity contribution in [2.45, 2.75) is 20.0 Å². The van der Waals surface area contributed by atoms with Gasteiger partial charge in [0.2, 0.25) is 5.89 Å². The second-order valence-corrected chi connectivity index (χ2v) is 4.30. The summed E-state index contributed by atoms with van der Waals surface area (Å²) in [6, 6.07) is 2.50. The highest BCUT2D eigenvalue weighted by Crippen LogP contribution is 2.38. The summed E-state index contributed by atoms with van der Waals surface area (Å²) < 4.78 is 62.5. The van der Waals surface area contributed by atoms with Gasteiger partial charge in [0.05, 0.1) is 17.7 Å². The molecule has 2 rings (SSSR count). The maximum Gasteiger partial charge on any atom is 0.417 e. The van der Waals surface area contributed by atoms with E-state index in [0.717, 1.165) is 12.1 Å². The third-order valence-electron chi connectivity index (χ3n) is 2.80. The van der Waals surface area contributed by atoms with Gasteiger partial charge < -0.3 is 9.15 Å². The van der Waals surface area contributed by atoms with Gasteiger partial charge in [0.15, 0.2) is 5.69 Å². The van der Waals surface area contributed by atoms with Crippen LogP contribution in [0.2, 0.25) is 0 Å². The molecular weight excluding hydrogens is 306 g/mol. The number of aromatic nitrogens is 1. The number of halogens is 4. The zero-order valence-corrected chi connectivity index (χ0v) is 11.6. The first-order valence-electron chi connectivity index (χ1n) is 6.26. The summed E-state index contributed by atoms with van der Waals surface area (Å²) in [7, 11) is 0. The van der Waals surface area contributed by atoms with Crippen molar-refractivity contribution < 1.29 is 31.5 Å². The molecule has 0 saturated carbocycles. The number of esters is 1. The monoisotopic (exact) mass is 317 g/mol. The number of benzene rings is 1. The molecule has 0 fully saturated rings. The molecule has 0 spiro atoms. The third-order valence-corrected chi connectivity index (χ3v) is 2.80. The lowest BCUT2D eigenvalue weighted by molar-refractivity contribution is -0.137. The summed E-state index contributed by atoms with van der Waals surface area (Å²) in [5.41, 5.74) is -2.36. The Bertz CT molecular complexity index is 707. The molecule has 4 nitrogen and oxygen atoms in total. The SMILES string of the molecule is CCOC(=O)c1nc(-c2c(F)cccc2C(F)(F)F)oc1C. The fourth-order valence-corrected chi connectivity index (χ4v) is 1.87. The van der Waals surface area contributed by atoms with E-state index in [0.29, 0.717) is 6.07 Å². The van der Waals surface area contributed by atoms with E-state index < -0.39 is 35.0 Å². The number of carbonyl (C=O) groups excluding carboxylic acids is 1. The summed E-state index contributed by atoms with van der Waals surface area (Å²) in [4.78, 5) is 15.3. The molecule has 0 aliphatic carbocycles. The number of oxazole rings is 1.